The highest BCUT2D eigenvalue weighted by Gasteiger charge is 2.36. The van der Waals surface area contributed by atoms with E-state index in [4.69, 9.17) is 18.9 Å². The molecule has 210 valence electrons. The highest BCUT2D eigenvalue weighted by atomic mass is 16.6. The van der Waals surface area contributed by atoms with Crippen molar-refractivity contribution in [3.8, 4) is 11.5 Å². The second-order valence-corrected chi connectivity index (χ2v) is 10.7. The Morgan fingerprint density at radius 2 is 0.974 bits per heavy atom. The Bertz CT molecular complexity index is 908. The van der Waals surface area contributed by atoms with Gasteiger partial charge in [0, 0.05) is 0 Å². The minimum atomic E-state index is -1.59. The van der Waals surface area contributed by atoms with Gasteiger partial charge in [0.1, 0.15) is 48.1 Å². The van der Waals surface area contributed by atoms with Crippen LogP contribution in [0.15, 0.2) is 60.7 Å². The number of amides is 2. The Morgan fingerprint density at radius 3 is 1.26 bits per heavy atom. The number of hydrogen-bond donors (Lipinski definition) is 4. The van der Waals surface area contributed by atoms with Crippen LogP contribution < -0.4 is 20.1 Å². The maximum Gasteiger partial charge on any atom is 0.408 e. The molecule has 38 heavy (non-hydrogen) atoms. The third-order valence-corrected chi connectivity index (χ3v) is 4.92. The lowest BCUT2D eigenvalue weighted by Crippen LogP contribution is -2.59. The van der Waals surface area contributed by atoms with Crippen LogP contribution in [0.1, 0.15) is 41.5 Å². The monoisotopic (exact) mass is 532 g/mol. The van der Waals surface area contributed by atoms with Crippen molar-refractivity contribution in [3.05, 3.63) is 60.7 Å². The van der Waals surface area contributed by atoms with E-state index >= 15 is 0 Å². The van der Waals surface area contributed by atoms with Gasteiger partial charge in [-0.3, -0.25) is 0 Å². The number of rotatable bonds is 11. The summed E-state index contributed by atoms with van der Waals surface area (Å²) in [5.41, 5.74) is -1.58. The Balaban J connectivity index is 2.22. The Kier molecular flexibility index (Phi) is 11.2. The van der Waals surface area contributed by atoms with Crippen molar-refractivity contribution in [2.45, 2.75) is 77.0 Å². The lowest BCUT2D eigenvalue weighted by Gasteiger charge is -2.33. The molecule has 2 amide bonds. The lowest BCUT2D eigenvalue weighted by molar-refractivity contribution is -0.0431. The van der Waals surface area contributed by atoms with Crippen molar-refractivity contribution in [2.24, 2.45) is 0 Å². The summed E-state index contributed by atoms with van der Waals surface area (Å²) in [6.07, 6.45) is -4.79. The van der Waals surface area contributed by atoms with Gasteiger partial charge in [-0.05, 0) is 65.8 Å². The summed E-state index contributed by atoms with van der Waals surface area (Å²) in [6.45, 7) is 9.83. The van der Waals surface area contributed by atoms with Crippen LogP contribution in [0.4, 0.5) is 9.59 Å². The Hall–Kier alpha value is -3.50. The van der Waals surface area contributed by atoms with E-state index < -0.39 is 47.7 Å². The molecule has 0 fully saturated rings. The number of hydrogen-bond acceptors (Lipinski definition) is 8. The number of nitrogens with one attached hydrogen (secondary N) is 2. The molecule has 4 atom stereocenters. The molecule has 0 unspecified atom stereocenters. The summed E-state index contributed by atoms with van der Waals surface area (Å²) >= 11 is 0. The molecular weight excluding hydrogens is 492 g/mol. The maximum atomic E-state index is 12.5. The van der Waals surface area contributed by atoms with Crippen molar-refractivity contribution in [1.29, 1.82) is 0 Å². The van der Waals surface area contributed by atoms with Crippen LogP contribution in [0.5, 0.6) is 11.5 Å². The zero-order valence-corrected chi connectivity index (χ0v) is 22.8. The predicted octanol–water partition coefficient (Wildman–Crippen LogP) is 3.65. The second-order valence-electron chi connectivity index (χ2n) is 10.7. The average Bonchev–Trinajstić information content (AvgIpc) is 2.82. The van der Waals surface area contributed by atoms with Crippen LogP contribution in [0.2, 0.25) is 0 Å². The van der Waals surface area contributed by atoms with Gasteiger partial charge in [0.2, 0.25) is 0 Å². The van der Waals surface area contributed by atoms with Gasteiger partial charge in [0.25, 0.3) is 0 Å². The van der Waals surface area contributed by atoms with E-state index in [0.717, 1.165) is 0 Å². The molecule has 0 radical (unpaired) electrons. The van der Waals surface area contributed by atoms with Crippen LogP contribution >= 0.6 is 0 Å². The van der Waals surface area contributed by atoms with Gasteiger partial charge in [0.05, 0.1) is 12.1 Å². The molecule has 2 rings (SSSR count). The molecule has 0 heterocycles. The molecule has 10 heteroatoms. The van der Waals surface area contributed by atoms with E-state index in [-0.39, 0.29) is 13.2 Å². The third-order valence-electron chi connectivity index (χ3n) is 4.92. The summed E-state index contributed by atoms with van der Waals surface area (Å²) in [5.74, 6) is 1.00. The van der Waals surface area contributed by atoms with Gasteiger partial charge in [-0.25, -0.2) is 9.59 Å². The molecule has 4 N–H and O–H groups in total. The molecule has 2 aromatic carbocycles. The van der Waals surface area contributed by atoms with Crippen molar-refractivity contribution < 1.29 is 38.7 Å². The number of para-hydroxylation sites is 2. The quantitative estimate of drug-likeness (QED) is 0.344. The average molecular weight is 533 g/mol. The molecule has 0 aliphatic carbocycles. The Morgan fingerprint density at radius 1 is 0.658 bits per heavy atom. The van der Waals surface area contributed by atoms with Gasteiger partial charge in [-0.2, -0.15) is 0 Å². The van der Waals surface area contributed by atoms with Crippen LogP contribution in [0.25, 0.3) is 0 Å². The molecule has 0 saturated heterocycles. The van der Waals surface area contributed by atoms with Gasteiger partial charge < -0.3 is 39.8 Å². The van der Waals surface area contributed by atoms with Crippen LogP contribution in [0, 0.1) is 0 Å². The fraction of sp³-hybridized carbons (Fsp3) is 0.500. The Labute approximate surface area is 224 Å². The maximum absolute atomic E-state index is 12.5. The van der Waals surface area contributed by atoms with Crippen LogP contribution in [0.3, 0.4) is 0 Å². The highest BCUT2D eigenvalue weighted by Crippen LogP contribution is 2.16. The standard InChI is InChI=1S/C28H40N2O8/c1-27(2,3)37-25(33)29-21(17-35-19-13-9-7-10-14-19)23(31)24(32)22(30-26(34)38-28(4,5)6)18-36-20-15-11-8-12-16-20/h7-16,21-24,31-32H,17-18H2,1-6H3,(H,29,33)(H,30,34)/t21-,22-,23-,24+/m0/s1. The largest absolute Gasteiger partial charge is 0.491 e. The zero-order chi connectivity index (χ0) is 28.3. The minimum absolute atomic E-state index is 0.194. The number of aliphatic hydroxyl groups excluding tert-OH is 2. The molecule has 0 aliphatic rings. The molecule has 0 aromatic heterocycles. The van der Waals surface area contributed by atoms with Gasteiger partial charge in [-0.15, -0.1) is 0 Å². The van der Waals surface area contributed by atoms with Crippen molar-refractivity contribution in [2.75, 3.05) is 13.2 Å². The summed E-state index contributed by atoms with van der Waals surface area (Å²) in [5, 5.41) is 27.5. The predicted molar refractivity (Wildman–Crippen MR) is 142 cm³/mol. The van der Waals surface area contributed by atoms with E-state index in [9.17, 15) is 19.8 Å². The summed E-state index contributed by atoms with van der Waals surface area (Å²) in [6, 6.07) is 15.4. The number of alkyl carbamates (subject to hydrolysis) is 2. The first-order valence-corrected chi connectivity index (χ1v) is 12.4. The van der Waals surface area contributed by atoms with E-state index in [2.05, 4.69) is 10.6 Å². The number of aliphatic hydroxyl groups is 2. The van der Waals surface area contributed by atoms with Crippen molar-refractivity contribution in [3.63, 3.8) is 0 Å². The molecule has 0 bridgehead atoms. The number of ether oxygens (including phenoxy) is 4. The van der Waals surface area contributed by atoms with Crippen LogP contribution in [-0.4, -0.2) is 71.1 Å². The fourth-order valence-corrected chi connectivity index (χ4v) is 3.25. The van der Waals surface area contributed by atoms with E-state index in [1.54, 1.807) is 90.1 Å². The first-order valence-electron chi connectivity index (χ1n) is 12.4. The number of carbonyl (C=O) groups excluding carboxylic acids is 2. The third kappa shape index (κ3) is 11.7. The normalized spacial score (nSPS) is 14.8. The molecule has 0 aliphatic heterocycles. The fourth-order valence-electron chi connectivity index (χ4n) is 3.25. The second kappa shape index (κ2) is 13.9. The van der Waals surface area contributed by atoms with Crippen molar-refractivity contribution >= 4 is 12.2 Å². The molecule has 10 nitrogen and oxygen atoms in total. The highest BCUT2D eigenvalue weighted by molar-refractivity contribution is 5.69. The SMILES string of the molecule is CC(C)(C)OC(=O)N[C@@H](COc1ccccc1)[C@H](O)[C@H](O)[C@H](COc1ccccc1)NC(=O)OC(C)(C)C. The number of carbonyl (C=O) groups is 2. The molecule has 0 spiro atoms. The zero-order valence-electron chi connectivity index (χ0n) is 22.8. The summed E-state index contributed by atoms with van der Waals surface area (Å²) in [7, 11) is 0. The van der Waals surface area contributed by atoms with E-state index in [1.807, 2.05) is 12.1 Å². The van der Waals surface area contributed by atoms with Crippen LogP contribution in [-0.2, 0) is 9.47 Å². The molecular formula is C28H40N2O8. The topological polar surface area (TPSA) is 136 Å². The van der Waals surface area contributed by atoms with E-state index in [1.165, 1.54) is 0 Å². The van der Waals surface area contributed by atoms with Gasteiger partial charge in [0.15, 0.2) is 0 Å². The lowest BCUT2D eigenvalue weighted by atomic mass is 10.00. The first kappa shape index (κ1) is 30.7. The van der Waals surface area contributed by atoms with Crippen molar-refractivity contribution in [1.82, 2.24) is 10.6 Å². The minimum Gasteiger partial charge on any atom is -0.491 e. The van der Waals surface area contributed by atoms with Gasteiger partial charge >= 0.3 is 12.2 Å². The smallest absolute Gasteiger partial charge is 0.408 e. The number of benzene rings is 2. The van der Waals surface area contributed by atoms with Gasteiger partial charge in [-0.1, -0.05) is 36.4 Å². The molecule has 0 saturated carbocycles. The summed E-state index contributed by atoms with van der Waals surface area (Å²) < 4.78 is 22.1. The molecule has 2 aromatic rings. The summed E-state index contributed by atoms with van der Waals surface area (Å²) in [4.78, 5) is 25.1. The van der Waals surface area contributed by atoms with E-state index in [0.29, 0.717) is 11.5 Å². The first-order chi connectivity index (χ1) is 17.7.